The maximum absolute atomic E-state index is 11.4. The van der Waals surface area contributed by atoms with Crippen LogP contribution >= 0.6 is 0 Å². The van der Waals surface area contributed by atoms with Crippen LogP contribution in [0.3, 0.4) is 0 Å². The van der Waals surface area contributed by atoms with E-state index in [2.05, 4.69) is 15.6 Å². The van der Waals surface area contributed by atoms with Gasteiger partial charge in [0.15, 0.2) is 5.96 Å². The van der Waals surface area contributed by atoms with Gasteiger partial charge >= 0.3 is 0 Å². The lowest BCUT2D eigenvalue weighted by Gasteiger charge is -2.16. The van der Waals surface area contributed by atoms with Crippen LogP contribution in [-0.4, -0.2) is 58.7 Å². The molecule has 0 aliphatic heterocycles. The molecule has 2 N–H and O–H groups in total. The quantitative estimate of drug-likeness (QED) is 0.377. The average Bonchev–Trinajstić information content (AvgIpc) is 2.29. The molecule has 0 amide bonds. The van der Waals surface area contributed by atoms with Crippen LogP contribution in [0.25, 0.3) is 0 Å². The third-order valence-electron chi connectivity index (χ3n) is 2.24. The fraction of sp³-hybridized carbons (Fsp3) is 0.889. The summed E-state index contributed by atoms with van der Waals surface area (Å²) in [5, 5.41) is 5.95. The highest BCUT2D eigenvalue weighted by atomic mass is 32.2. The molecule has 0 bridgehead atoms. The second kappa shape index (κ2) is 7.45. The molecule has 0 aromatic rings. The fourth-order valence-electron chi connectivity index (χ4n) is 1.15. The van der Waals surface area contributed by atoms with Crippen molar-refractivity contribution in [2.24, 2.45) is 4.99 Å². The molecular weight excluding hydrogens is 228 g/mol. The van der Waals surface area contributed by atoms with E-state index in [0.29, 0.717) is 19.0 Å². The van der Waals surface area contributed by atoms with Gasteiger partial charge < -0.3 is 10.6 Å². The minimum Gasteiger partial charge on any atom is -0.359 e. The van der Waals surface area contributed by atoms with Crippen molar-refractivity contribution in [1.82, 2.24) is 14.9 Å². The molecule has 0 aromatic carbocycles. The van der Waals surface area contributed by atoms with E-state index in [1.807, 2.05) is 0 Å². The predicted octanol–water partition coefficient (Wildman–Crippen LogP) is -0.547. The van der Waals surface area contributed by atoms with Gasteiger partial charge in [0.05, 0.1) is 5.75 Å². The molecule has 0 atom stereocenters. The van der Waals surface area contributed by atoms with E-state index < -0.39 is 10.0 Å². The Morgan fingerprint density at radius 2 is 2.06 bits per heavy atom. The summed E-state index contributed by atoms with van der Waals surface area (Å²) in [5.41, 5.74) is 0. The third kappa shape index (κ3) is 5.32. The van der Waals surface area contributed by atoms with Gasteiger partial charge in [-0.1, -0.05) is 0 Å². The molecule has 0 spiro atoms. The lowest BCUT2D eigenvalue weighted by atomic mass is 10.4. The zero-order valence-corrected chi connectivity index (χ0v) is 11.3. The van der Waals surface area contributed by atoms with Crippen LogP contribution < -0.4 is 10.6 Å². The first kappa shape index (κ1) is 15.2. The van der Waals surface area contributed by atoms with Crippen molar-refractivity contribution < 1.29 is 8.42 Å². The van der Waals surface area contributed by atoms with Crippen LogP contribution in [0.1, 0.15) is 13.3 Å². The SMILES string of the molecule is CCS(=O)(=O)N(C)CCCNC(=NC)NC. The summed E-state index contributed by atoms with van der Waals surface area (Å²) in [7, 11) is 2.02. The van der Waals surface area contributed by atoms with Gasteiger partial charge in [0.25, 0.3) is 0 Å². The maximum atomic E-state index is 11.4. The molecule has 0 aromatic heterocycles. The van der Waals surface area contributed by atoms with E-state index >= 15 is 0 Å². The zero-order valence-electron chi connectivity index (χ0n) is 10.4. The van der Waals surface area contributed by atoms with Crippen LogP contribution in [0.2, 0.25) is 0 Å². The topological polar surface area (TPSA) is 73.8 Å². The Morgan fingerprint density at radius 1 is 1.44 bits per heavy atom. The van der Waals surface area contributed by atoms with Gasteiger partial charge in [0.1, 0.15) is 0 Å². The van der Waals surface area contributed by atoms with E-state index in [1.54, 1.807) is 28.1 Å². The van der Waals surface area contributed by atoms with Crippen LogP contribution in [0.15, 0.2) is 4.99 Å². The van der Waals surface area contributed by atoms with E-state index in [0.717, 1.165) is 6.42 Å². The summed E-state index contributed by atoms with van der Waals surface area (Å²) >= 11 is 0. The molecule has 6 nitrogen and oxygen atoms in total. The van der Waals surface area contributed by atoms with Gasteiger partial charge in [-0.25, -0.2) is 12.7 Å². The van der Waals surface area contributed by atoms with Crippen molar-refractivity contribution in [2.75, 3.05) is 40.0 Å². The number of guanidine groups is 1. The third-order valence-corrected chi connectivity index (χ3v) is 4.10. The molecule has 7 heteroatoms. The number of sulfonamides is 1. The highest BCUT2D eigenvalue weighted by Crippen LogP contribution is 1.97. The Hall–Kier alpha value is -0.820. The van der Waals surface area contributed by atoms with Crippen LogP contribution in [0.5, 0.6) is 0 Å². The normalized spacial score (nSPS) is 12.9. The molecule has 0 saturated heterocycles. The number of nitrogens with one attached hydrogen (secondary N) is 2. The van der Waals surface area contributed by atoms with Crippen LogP contribution in [0, 0.1) is 0 Å². The highest BCUT2D eigenvalue weighted by Gasteiger charge is 2.13. The molecular formula is C9H22N4O2S. The molecule has 0 fully saturated rings. The Morgan fingerprint density at radius 3 is 2.50 bits per heavy atom. The van der Waals surface area contributed by atoms with Crippen LogP contribution in [-0.2, 0) is 10.0 Å². The van der Waals surface area contributed by atoms with Gasteiger partial charge in [0.2, 0.25) is 10.0 Å². The zero-order chi connectivity index (χ0) is 12.6. The second-order valence-corrected chi connectivity index (χ2v) is 5.69. The Balaban J connectivity index is 3.84. The number of aliphatic imine (C=N–C) groups is 1. The summed E-state index contributed by atoms with van der Waals surface area (Å²) in [5.74, 6) is 0.857. The molecule has 16 heavy (non-hydrogen) atoms. The predicted molar refractivity (Wildman–Crippen MR) is 67.1 cm³/mol. The fourth-order valence-corrected chi connectivity index (χ4v) is 2.00. The standard InChI is InChI=1S/C9H22N4O2S/c1-5-16(14,15)13(4)8-6-7-12-9(10-2)11-3/h5-8H2,1-4H3,(H2,10,11,12). The van der Waals surface area contributed by atoms with Crippen molar-refractivity contribution in [3.63, 3.8) is 0 Å². The molecule has 96 valence electrons. The summed E-state index contributed by atoms with van der Waals surface area (Å²) in [4.78, 5) is 3.95. The number of nitrogens with zero attached hydrogens (tertiary/aromatic N) is 2. The molecule has 0 heterocycles. The van der Waals surface area contributed by atoms with E-state index in [-0.39, 0.29) is 5.75 Å². The van der Waals surface area contributed by atoms with Gasteiger partial charge in [-0.2, -0.15) is 0 Å². The average molecular weight is 250 g/mol. The van der Waals surface area contributed by atoms with E-state index in [9.17, 15) is 8.42 Å². The number of hydrogen-bond donors (Lipinski definition) is 2. The van der Waals surface area contributed by atoms with Crippen molar-refractivity contribution in [2.45, 2.75) is 13.3 Å². The minimum atomic E-state index is -3.05. The Bertz CT molecular complexity index is 313. The van der Waals surface area contributed by atoms with Crippen LogP contribution in [0.4, 0.5) is 0 Å². The minimum absolute atomic E-state index is 0.148. The molecule has 0 radical (unpaired) electrons. The summed E-state index contributed by atoms with van der Waals surface area (Å²) in [6.07, 6.45) is 0.746. The monoisotopic (exact) mass is 250 g/mol. The molecule has 0 aliphatic rings. The van der Waals surface area contributed by atoms with Gasteiger partial charge in [-0.15, -0.1) is 0 Å². The van der Waals surface area contributed by atoms with Crippen molar-refractivity contribution in [3.05, 3.63) is 0 Å². The van der Waals surface area contributed by atoms with Crippen molar-refractivity contribution in [3.8, 4) is 0 Å². The van der Waals surface area contributed by atoms with Crippen molar-refractivity contribution in [1.29, 1.82) is 0 Å². The molecule has 0 saturated carbocycles. The summed E-state index contributed by atoms with van der Waals surface area (Å²) in [6.45, 7) is 2.86. The van der Waals surface area contributed by atoms with Gasteiger partial charge in [0, 0.05) is 34.2 Å². The van der Waals surface area contributed by atoms with Gasteiger partial charge in [-0.3, -0.25) is 4.99 Å². The molecule has 0 unspecified atom stereocenters. The first-order valence-corrected chi connectivity index (χ1v) is 6.91. The summed E-state index contributed by atoms with van der Waals surface area (Å²) < 4.78 is 24.2. The first-order valence-electron chi connectivity index (χ1n) is 5.30. The van der Waals surface area contributed by atoms with E-state index in [1.165, 1.54) is 4.31 Å². The Labute approximate surface area is 98.2 Å². The molecule has 0 aliphatic carbocycles. The second-order valence-electron chi connectivity index (χ2n) is 3.32. The lowest BCUT2D eigenvalue weighted by molar-refractivity contribution is 0.461. The van der Waals surface area contributed by atoms with E-state index in [4.69, 9.17) is 0 Å². The highest BCUT2D eigenvalue weighted by molar-refractivity contribution is 7.89. The largest absolute Gasteiger partial charge is 0.359 e. The van der Waals surface area contributed by atoms with Crippen molar-refractivity contribution >= 4 is 16.0 Å². The molecule has 0 rings (SSSR count). The van der Waals surface area contributed by atoms with Gasteiger partial charge in [-0.05, 0) is 13.3 Å². The summed E-state index contributed by atoms with van der Waals surface area (Å²) in [6, 6.07) is 0. The Kier molecular flexibility index (Phi) is 7.07. The maximum Gasteiger partial charge on any atom is 0.213 e. The first-order chi connectivity index (χ1) is 7.47. The number of hydrogen-bond acceptors (Lipinski definition) is 3. The smallest absolute Gasteiger partial charge is 0.213 e. The number of rotatable bonds is 6. The lowest BCUT2D eigenvalue weighted by Crippen LogP contribution is -2.37.